The summed E-state index contributed by atoms with van der Waals surface area (Å²) in [5.41, 5.74) is 1.26. The summed E-state index contributed by atoms with van der Waals surface area (Å²) in [5, 5.41) is 2.55. The van der Waals surface area contributed by atoms with Gasteiger partial charge in [-0.3, -0.25) is 4.90 Å². The molecule has 1 aromatic rings. The molecule has 0 aliphatic heterocycles. The monoisotopic (exact) mass is 260 g/mol. The Hall–Kier alpha value is -1.99. The van der Waals surface area contributed by atoms with Crippen LogP contribution in [0.1, 0.15) is 12.5 Å². The molecule has 0 saturated carbocycles. The Morgan fingerprint density at radius 2 is 2.05 bits per heavy atom. The molecule has 0 atom stereocenters. The van der Waals surface area contributed by atoms with Crippen LogP contribution in [0.15, 0.2) is 30.3 Å². The SMILES string of the molecule is CCOC(=O)NCC#CCN(C)Cc1ccccc1. The number of hydrogen-bond acceptors (Lipinski definition) is 3. The number of nitrogens with zero attached hydrogens (tertiary/aromatic N) is 1. The number of benzene rings is 1. The lowest BCUT2D eigenvalue weighted by molar-refractivity contribution is 0.153. The zero-order chi connectivity index (χ0) is 13.9. The maximum absolute atomic E-state index is 11.0. The van der Waals surface area contributed by atoms with Gasteiger partial charge in [0.25, 0.3) is 0 Å². The topological polar surface area (TPSA) is 41.6 Å². The molecule has 0 aliphatic rings. The van der Waals surface area contributed by atoms with Gasteiger partial charge in [-0.25, -0.2) is 4.79 Å². The third-order valence-corrected chi connectivity index (χ3v) is 2.37. The zero-order valence-electron chi connectivity index (χ0n) is 11.5. The van der Waals surface area contributed by atoms with Gasteiger partial charge < -0.3 is 10.1 Å². The van der Waals surface area contributed by atoms with Crippen molar-refractivity contribution < 1.29 is 9.53 Å². The van der Waals surface area contributed by atoms with Crippen molar-refractivity contribution in [2.75, 3.05) is 26.7 Å². The van der Waals surface area contributed by atoms with Gasteiger partial charge in [-0.05, 0) is 19.5 Å². The van der Waals surface area contributed by atoms with Gasteiger partial charge in [0.1, 0.15) is 0 Å². The summed E-state index contributed by atoms with van der Waals surface area (Å²) in [6.07, 6.45) is -0.422. The first kappa shape index (κ1) is 15.1. The predicted octanol–water partition coefficient (Wildman–Crippen LogP) is 1.87. The maximum atomic E-state index is 11.0. The van der Waals surface area contributed by atoms with Gasteiger partial charge in [-0.2, -0.15) is 0 Å². The van der Waals surface area contributed by atoms with Gasteiger partial charge >= 0.3 is 6.09 Å². The molecule has 0 unspecified atom stereocenters. The molecule has 1 amide bonds. The smallest absolute Gasteiger partial charge is 0.407 e. The zero-order valence-corrected chi connectivity index (χ0v) is 11.5. The summed E-state index contributed by atoms with van der Waals surface area (Å²) in [4.78, 5) is 13.1. The fourth-order valence-corrected chi connectivity index (χ4v) is 1.50. The van der Waals surface area contributed by atoms with E-state index in [0.717, 1.165) is 6.54 Å². The molecule has 19 heavy (non-hydrogen) atoms. The van der Waals surface area contributed by atoms with Crippen LogP contribution in [0.3, 0.4) is 0 Å². The van der Waals surface area contributed by atoms with E-state index in [4.69, 9.17) is 4.74 Å². The maximum Gasteiger partial charge on any atom is 0.407 e. The summed E-state index contributed by atoms with van der Waals surface area (Å²) < 4.78 is 4.72. The minimum Gasteiger partial charge on any atom is -0.450 e. The van der Waals surface area contributed by atoms with Crippen LogP contribution in [-0.4, -0.2) is 37.7 Å². The molecule has 0 bridgehead atoms. The summed E-state index contributed by atoms with van der Waals surface area (Å²) in [6.45, 7) is 3.99. The lowest BCUT2D eigenvalue weighted by Gasteiger charge is -2.12. The van der Waals surface area contributed by atoms with E-state index in [1.54, 1.807) is 6.92 Å². The largest absolute Gasteiger partial charge is 0.450 e. The van der Waals surface area contributed by atoms with E-state index in [1.165, 1.54) is 5.56 Å². The average Bonchev–Trinajstić information content (AvgIpc) is 2.40. The molecular weight excluding hydrogens is 240 g/mol. The quantitative estimate of drug-likeness (QED) is 0.822. The number of alkyl carbamates (subject to hydrolysis) is 1. The third kappa shape index (κ3) is 7.12. The molecule has 0 fully saturated rings. The number of ether oxygens (including phenoxy) is 1. The highest BCUT2D eigenvalue weighted by atomic mass is 16.5. The lowest BCUT2D eigenvalue weighted by atomic mass is 10.2. The Morgan fingerprint density at radius 1 is 1.32 bits per heavy atom. The fraction of sp³-hybridized carbons (Fsp3) is 0.400. The van der Waals surface area contributed by atoms with Crippen LogP contribution in [0.5, 0.6) is 0 Å². The lowest BCUT2D eigenvalue weighted by Crippen LogP contribution is -2.24. The first-order valence-electron chi connectivity index (χ1n) is 6.31. The second kappa shape index (κ2) is 9.01. The fourth-order valence-electron chi connectivity index (χ4n) is 1.50. The van der Waals surface area contributed by atoms with Crippen molar-refractivity contribution in [3.8, 4) is 11.8 Å². The van der Waals surface area contributed by atoms with Crippen LogP contribution in [0.2, 0.25) is 0 Å². The van der Waals surface area contributed by atoms with E-state index < -0.39 is 6.09 Å². The minimum absolute atomic E-state index is 0.317. The Kier molecular flexibility index (Phi) is 7.14. The predicted molar refractivity (Wildman–Crippen MR) is 75.6 cm³/mol. The molecule has 0 heterocycles. The summed E-state index contributed by atoms with van der Waals surface area (Å²) >= 11 is 0. The van der Waals surface area contributed by atoms with Gasteiger partial charge in [0.2, 0.25) is 0 Å². The van der Waals surface area contributed by atoms with Gasteiger partial charge in [0.15, 0.2) is 0 Å². The van der Waals surface area contributed by atoms with Gasteiger partial charge in [-0.1, -0.05) is 42.2 Å². The highest BCUT2D eigenvalue weighted by molar-refractivity contribution is 5.67. The number of nitrogens with one attached hydrogen (secondary N) is 1. The molecule has 4 nitrogen and oxygen atoms in total. The molecular formula is C15H20N2O2. The third-order valence-electron chi connectivity index (χ3n) is 2.37. The normalized spacial score (nSPS) is 9.63. The summed E-state index contributed by atoms with van der Waals surface area (Å²) in [5.74, 6) is 5.90. The Bertz CT molecular complexity index is 434. The highest BCUT2D eigenvalue weighted by Gasteiger charge is 1.97. The van der Waals surface area contributed by atoms with Crippen LogP contribution >= 0.6 is 0 Å². The Balaban J connectivity index is 2.20. The first-order chi connectivity index (χ1) is 9.22. The second-order valence-corrected chi connectivity index (χ2v) is 4.09. The number of carbonyl (C=O) groups is 1. The molecule has 1 N–H and O–H groups in total. The first-order valence-corrected chi connectivity index (χ1v) is 6.31. The van der Waals surface area contributed by atoms with Crippen molar-refractivity contribution >= 4 is 6.09 Å². The molecule has 1 aromatic carbocycles. The van der Waals surface area contributed by atoms with Crippen molar-refractivity contribution in [3.05, 3.63) is 35.9 Å². The standard InChI is InChI=1S/C15H20N2O2/c1-3-19-15(18)16-11-7-8-12-17(2)13-14-9-5-4-6-10-14/h4-6,9-10H,3,11-13H2,1-2H3,(H,16,18). The van der Waals surface area contributed by atoms with Gasteiger partial charge in [0, 0.05) is 6.54 Å². The van der Waals surface area contributed by atoms with Crippen molar-refractivity contribution in [1.29, 1.82) is 0 Å². The molecule has 102 valence electrons. The number of amides is 1. The van der Waals surface area contributed by atoms with Crippen molar-refractivity contribution in [2.24, 2.45) is 0 Å². The molecule has 0 aliphatic carbocycles. The van der Waals surface area contributed by atoms with Crippen molar-refractivity contribution in [3.63, 3.8) is 0 Å². The van der Waals surface area contributed by atoms with E-state index in [9.17, 15) is 4.79 Å². The number of hydrogen-bond donors (Lipinski definition) is 1. The Morgan fingerprint density at radius 3 is 2.74 bits per heavy atom. The van der Waals surface area contributed by atoms with Gasteiger partial charge in [-0.15, -0.1) is 0 Å². The van der Waals surface area contributed by atoms with E-state index in [-0.39, 0.29) is 0 Å². The second-order valence-electron chi connectivity index (χ2n) is 4.09. The highest BCUT2D eigenvalue weighted by Crippen LogP contribution is 2.01. The van der Waals surface area contributed by atoms with Crippen LogP contribution in [0.25, 0.3) is 0 Å². The van der Waals surface area contributed by atoms with E-state index >= 15 is 0 Å². The van der Waals surface area contributed by atoms with Crippen LogP contribution < -0.4 is 5.32 Å². The van der Waals surface area contributed by atoms with Gasteiger partial charge in [0.05, 0.1) is 19.7 Å². The number of carbonyl (C=O) groups excluding carboxylic acids is 1. The average molecular weight is 260 g/mol. The van der Waals surface area contributed by atoms with Crippen molar-refractivity contribution in [1.82, 2.24) is 10.2 Å². The van der Waals surface area contributed by atoms with Crippen LogP contribution in [-0.2, 0) is 11.3 Å². The molecule has 0 saturated heterocycles. The van der Waals surface area contributed by atoms with E-state index in [0.29, 0.717) is 19.7 Å². The summed E-state index contributed by atoms with van der Waals surface area (Å²) in [6, 6.07) is 10.2. The molecule has 0 spiro atoms. The van der Waals surface area contributed by atoms with Crippen LogP contribution in [0, 0.1) is 11.8 Å². The van der Waals surface area contributed by atoms with Crippen LogP contribution in [0.4, 0.5) is 4.79 Å². The molecule has 0 aromatic heterocycles. The summed E-state index contributed by atoms with van der Waals surface area (Å²) in [7, 11) is 2.01. The molecule has 1 rings (SSSR count). The van der Waals surface area contributed by atoms with Crippen molar-refractivity contribution in [2.45, 2.75) is 13.5 Å². The van der Waals surface area contributed by atoms with E-state index in [2.05, 4.69) is 34.2 Å². The minimum atomic E-state index is -0.422. The number of rotatable bonds is 5. The van der Waals surface area contributed by atoms with E-state index in [1.807, 2.05) is 25.2 Å². The Labute approximate surface area is 114 Å². The molecule has 0 radical (unpaired) electrons. The molecule has 4 heteroatoms.